The van der Waals surface area contributed by atoms with Crippen molar-refractivity contribution < 1.29 is 4.79 Å². The fraction of sp³-hybridized carbons (Fsp3) is 0.455. The molecule has 0 radical (unpaired) electrons. The fourth-order valence-corrected chi connectivity index (χ4v) is 5.06. The van der Waals surface area contributed by atoms with Crippen LogP contribution in [0.3, 0.4) is 0 Å². The Morgan fingerprint density at radius 1 is 0.833 bits per heavy atom. The lowest BCUT2D eigenvalue weighted by Crippen LogP contribution is -2.49. The molecule has 3 aromatic rings. The quantitative estimate of drug-likeness (QED) is 0.644. The van der Waals surface area contributed by atoms with Crippen molar-refractivity contribution in [1.29, 1.82) is 0 Å². The number of fused-ring (bicyclic) bond motifs is 1. The number of carbonyl (C=O) groups excluding carboxylic acids is 1. The summed E-state index contributed by atoms with van der Waals surface area (Å²) in [5.41, 5.74) is 0.671. The standard InChI is InChI=1S/C22H26N6OS/c29-22(17-5-6-19(23-15-17)26-8-3-1-2-4-9-26)28-12-10-27(11-13-28)20-18-7-14-30-21(18)25-16-24-20/h5-7,14-16H,1-4,8-13H2. The first-order chi connectivity index (χ1) is 14.8. The van der Waals surface area contributed by atoms with Gasteiger partial charge in [0, 0.05) is 45.5 Å². The summed E-state index contributed by atoms with van der Waals surface area (Å²) < 4.78 is 0. The Balaban J connectivity index is 1.23. The maximum absolute atomic E-state index is 13.0. The van der Waals surface area contributed by atoms with E-state index < -0.39 is 0 Å². The van der Waals surface area contributed by atoms with Gasteiger partial charge in [0.1, 0.15) is 22.8 Å². The Bertz CT molecular complexity index is 1000. The van der Waals surface area contributed by atoms with Crippen molar-refractivity contribution in [2.45, 2.75) is 25.7 Å². The molecule has 0 aliphatic carbocycles. The highest BCUT2D eigenvalue weighted by atomic mass is 32.1. The van der Waals surface area contributed by atoms with E-state index in [4.69, 9.17) is 0 Å². The molecule has 7 nitrogen and oxygen atoms in total. The van der Waals surface area contributed by atoms with Crippen LogP contribution < -0.4 is 9.80 Å². The van der Waals surface area contributed by atoms with Crippen LogP contribution in [0.4, 0.5) is 11.6 Å². The highest BCUT2D eigenvalue weighted by Gasteiger charge is 2.24. The zero-order valence-corrected chi connectivity index (χ0v) is 17.9. The molecule has 2 saturated heterocycles. The first kappa shape index (κ1) is 19.2. The molecule has 2 fully saturated rings. The molecule has 2 aliphatic rings. The summed E-state index contributed by atoms with van der Waals surface area (Å²) in [5.74, 6) is 2.02. The van der Waals surface area contributed by atoms with Crippen LogP contribution in [0.2, 0.25) is 0 Å². The molecule has 30 heavy (non-hydrogen) atoms. The number of anilines is 2. The molecule has 1 amide bonds. The van der Waals surface area contributed by atoms with Gasteiger partial charge < -0.3 is 14.7 Å². The summed E-state index contributed by atoms with van der Waals surface area (Å²) in [6.45, 7) is 5.02. The van der Waals surface area contributed by atoms with Crippen LogP contribution in [0.5, 0.6) is 0 Å². The van der Waals surface area contributed by atoms with E-state index in [2.05, 4.69) is 30.8 Å². The minimum absolute atomic E-state index is 0.0629. The molecule has 0 N–H and O–H groups in total. The number of rotatable bonds is 3. The third-order valence-electron chi connectivity index (χ3n) is 6.03. The lowest BCUT2D eigenvalue weighted by Gasteiger charge is -2.35. The van der Waals surface area contributed by atoms with Gasteiger partial charge >= 0.3 is 0 Å². The van der Waals surface area contributed by atoms with Crippen molar-refractivity contribution in [3.8, 4) is 0 Å². The normalized spacial score (nSPS) is 17.9. The highest BCUT2D eigenvalue weighted by molar-refractivity contribution is 7.16. The van der Waals surface area contributed by atoms with Gasteiger partial charge in [0.15, 0.2) is 0 Å². The van der Waals surface area contributed by atoms with E-state index in [1.165, 1.54) is 25.7 Å². The van der Waals surface area contributed by atoms with Crippen molar-refractivity contribution >= 4 is 39.1 Å². The number of carbonyl (C=O) groups is 1. The number of hydrogen-bond acceptors (Lipinski definition) is 7. The third kappa shape index (κ3) is 3.84. The summed E-state index contributed by atoms with van der Waals surface area (Å²) >= 11 is 1.63. The van der Waals surface area contributed by atoms with E-state index in [-0.39, 0.29) is 5.91 Å². The largest absolute Gasteiger partial charge is 0.357 e. The monoisotopic (exact) mass is 422 g/mol. The zero-order valence-electron chi connectivity index (χ0n) is 17.0. The molecule has 0 saturated carbocycles. The van der Waals surface area contributed by atoms with E-state index in [9.17, 15) is 4.79 Å². The van der Waals surface area contributed by atoms with E-state index in [0.29, 0.717) is 18.7 Å². The smallest absolute Gasteiger partial charge is 0.255 e. The van der Waals surface area contributed by atoms with Crippen molar-refractivity contribution in [2.24, 2.45) is 0 Å². The van der Waals surface area contributed by atoms with Gasteiger partial charge in [-0.1, -0.05) is 12.8 Å². The second-order valence-corrected chi connectivity index (χ2v) is 8.82. The number of piperazine rings is 1. The predicted molar refractivity (Wildman–Crippen MR) is 120 cm³/mol. The minimum atomic E-state index is 0.0629. The summed E-state index contributed by atoms with van der Waals surface area (Å²) in [6.07, 6.45) is 8.41. The average Bonchev–Trinajstić information content (AvgIpc) is 3.13. The van der Waals surface area contributed by atoms with Crippen LogP contribution >= 0.6 is 11.3 Å². The molecule has 8 heteroatoms. The molecule has 0 bridgehead atoms. The van der Waals surface area contributed by atoms with Crippen LogP contribution in [0.15, 0.2) is 36.1 Å². The number of thiophene rings is 1. The van der Waals surface area contributed by atoms with Crippen LogP contribution in [-0.2, 0) is 0 Å². The van der Waals surface area contributed by atoms with E-state index in [1.807, 2.05) is 22.4 Å². The lowest BCUT2D eigenvalue weighted by atomic mass is 10.2. The SMILES string of the molecule is O=C(c1ccc(N2CCCCCC2)nc1)N1CCN(c2ncnc3sccc23)CC1. The molecule has 5 heterocycles. The van der Waals surface area contributed by atoms with Gasteiger partial charge in [-0.2, -0.15) is 0 Å². The fourth-order valence-electron chi connectivity index (χ4n) is 4.33. The highest BCUT2D eigenvalue weighted by Crippen LogP contribution is 2.27. The molecule has 5 rings (SSSR count). The topological polar surface area (TPSA) is 65.5 Å². The summed E-state index contributed by atoms with van der Waals surface area (Å²) in [5, 5.41) is 3.14. The second kappa shape index (κ2) is 8.55. The maximum atomic E-state index is 13.0. The van der Waals surface area contributed by atoms with Crippen LogP contribution in [0, 0.1) is 0 Å². The number of aromatic nitrogens is 3. The Hall–Kier alpha value is -2.74. The maximum Gasteiger partial charge on any atom is 0.255 e. The molecule has 0 spiro atoms. The summed E-state index contributed by atoms with van der Waals surface area (Å²) in [4.78, 5) is 33.9. The molecule has 2 aliphatic heterocycles. The van der Waals surface area contributed by atoms with Crippen LogP contribution in [-0.4, -0.2) is 65.0 Å². The van der Waals surface area contributed by atoms with Gasteiger partial charge in [-0.05, 0) is 36.4 Å². The molecule has 3 aromatic heterocycles. The average molecular weight is 423 g/mol. The first-order valence-electron chi connectivity index (χ1n) is 10.7. The molecule has 156 valence electrons. The van der Waals surface area contributed by atoms with Crippen LogP contribution in [0.1, 0.15) is 36.0 Å². The number of pyridine rings is 1. The van der Waals surface area contributed by atoms with Gasteiger partial charge in [-0.25, -0.2) is 15.0 Å². The van der Waals surface area contributed by atoms with E-state index in [0.717, 1.165) is 48.0 Å². The summed E-state index contributed by atoms with van der Waals surface area (Å²) in [7, 11) is 0. The third-order valence-corrected chi connectivity index (χ3v) is 6.85. The van der Waals surface area contributed by atoms with Crippen LogP contribution in [0.25, 0.3) is 10.2 Å². The number of amides is 1. The Kier molecular flexibility index (Phi) is 5.48. The van der Waals surface area contributed by atoms with Gasteiger partial charge in [-0.3, -0.25) is 4.79 Å². The van der Waals surface area contributed by atoms with Gasteiger partial charge in [0.2, 0.25) is 0 Å². The first-order valence-corrected chi connectivity index (χ1v) is 11.6. The van der Waals surface area contributed by atoms with Gasteiger partial charge in [0.05, 0.1) is 10.9 Å². The molecular weight excluding hydrogens is 396 g/mol. The predicted octanol–water partition coefficient (Wildman–Crippen LogP) is 3.43. The number of nitrogens with zero attached hydrogens (tertiary/aromatic N) is 6. The van der Waals surface area contributed by atoms with Crippen molar-refractivity contribution in [2.75, 3.05) is 49.1 Å². The minimum Gasteiger partial charge on any atom is -0.357 e. The Labute approximate surface area is 180 Å². The lowest BCUT2D eigenvalue weighted by molar-refractivity contribution is 0.0746. The molecule has 0 aromatic carbocycles. The Morgan fingerprint density at radius 2 is 1.63 bits per heavy atom. The van der Waals surface area contributed by atoms with Gasteiger partial charge in [0.25, 0.3) is 5.91 Å². The van der Waals surface area contributed by atoms with Crippen molar-refractivity contribution in [3.63, 3.8) is 0 Å². The number of hydrogen-bond donors (Lipinski definition) is 0. The molecule has 0 unspecified atom stereocenters. The molecule has 0 atom stereocenters. The van der Waals surface area contributed by atoms with Crippen molar-refractivity contribution in [1.82, 2.24) is 19.9 Å². The van der Waals surface area contributed by atoms with Crippen molar-refractivity contribution in [3.05, 3.63) is 41.7 Å². The molecular formula is C22H26N6OS. The zero-order chi connectivity index (χ0) is 20.3. The van der Waals surface area contributed by atoms with Gasteiger partial charge in [-0.15, -0.1) is 11.3 Å². The van der Waals surface area contributed by atoms with E-state index >= 15 is 0 Å². The summed E-state index contributed by atoms with van der Waals surface area (Å²) in [6, 6.07) is 6.01. The van der Waals surface area contributed by atoms with E-state index in [1.54, 1.807) is 23.9 Å². The Morgan fingerprint density at radius 3 is 2.37 bits per heavy atom. The second-order valence-electron chi connectivity index (χ2n) is 7.92.